The highest BCUT2D eigenvalue weighted by Gasteiger charge is 2.24. The summed E-state index contributed by atoms with van der Waals surface area (Å²) >= 11 is 0. The zero-order valence-corrected chi connectivity index (χ0v) is 18.3. The van der Waals surface area contributed by atoms with Crippen LogP contribution in [0.3, 0.4) is 0 Å². The number of benzene rings is 3. The fraction of sp³-hybridized carbons (Fsp3) is 0.115. The molecule has 0 amide bonds. The van der Waals surface area contributed by atoms with Gasteiger partial charge in [0.05, 0.1) is 11.9 Å². The summed E-state index contributed by atoms with van der Waals surface area (Å²) in [6.07, 6.45) is -0.812. The second kappa shape index (κ2) is 9.11. The van der Waals surface area contributed by atoms with Crippen LogP contribution in [0.5, 0.6) is 0 Å². The molecule has 8 nitrogen and oxygen atoms in total. The van der Waals surface area contributed by atoms with Gasteiger partial charge in [-0.05, 0) is 30.7 Å². The lowest BCUT2D eigenvalue weighted by Gasteiger charge is -2.13. The number of hydrogen-bond acceptors (Lipinski definition) is 7. The summed E-state index contributed by atoms with van der Waals surface area (Å²) < 4.78 is 12.6. The first-order chi connectivity index (χ1) is 16.6. The molecule has 0 spiro atoms. The Kier molecular flexibility index (Phi) is 5.70. The van der Waals surface area contributed by atoms with E-state index in [2.05, 4.69) is 15.3 Å². The summed E-state index contributed by atoms with van der Waals surface area (Å²) in [7, 11) is 0. The minimum Gasteiger partial charge on any atom is -0.448 e. The quantitative estimate of drug-likeness (QED) is 0.352. The molecule has 0 fully saturated rings. The fourth-order valence-electron chi connectivity index (χ4n) is 3.61. The molecule has 0 radical (unpaired) electrons. The van der Waals surface area contributed by atoms with Gasteiger partial charge < -0.3 is 9.15 Å². The van der Waals surface area contributed by atoms with E-state index in [4.69, 9.17) is 9.15 Å². The zero-order valence-electron chi connectivity index (χ0n) is 18.3. The summed E-state index contributed by atoms with van der Waals surface area (Å²) in [6, 6.07) is 25.6. The summed E-state index contributed by atoms with van der Waals surface area (Å²) in [5.74, 6) is -0.197. The molecule has 2 heterocycles. The highest BCUT2D eigenvalue weighted by molar-refractivity contribution is 6.02. The molecule has 5 aromatic rings. The molecule has 0 saturated carbocycles. The highest BCUT2D eigenvalue weighted by atomic mass is 16.6. The Hall–Kier alpha value is -4.59. The monoisotopic (exact) mass is 452 g/mol. The fourth-order valence-corrected chi connectivity index (χ4v) is 3.61. The van der Waals surface area contributed by atoms with Gasteiger partial charge in [-0.15, -0.1) is 10.2 Å². The van der Waals surface area contributed by atoms with Gasteiger partial charge >= 0.3 is 5.97 Å². The number of aromatic nitrogens is 4. The molecule has 0 aliphatic rings. The Morgan fingerprint density at radius 2 is 1.56 bits per heavy atom. The summed E-state index contributed by atoms with van der Waals surface area (Å²) in [5.41, 5.74) is 1.41. The maximum absolute atomic E-state index is 13.1. The van der Waals surface area contributed by atoms with Crippen LogP contribution in [0.15, 0.2) is 94.1 Å². The second-order valence-electron chi connectivity index (χ2n) is 7.70. The van der Waals surface area contributed by atoms with Gasteiger partial charge in [0.15, 0.2) is 11.8 Å². The average molecular weight is 452 g/mol. The molecule has 5 rings (SSSR count). The van der Waals surface area contributed by atoms with Crippen molar-refractivity contribution < 1.29 is 13.9 Å². The lowest BCUT2D eigenvalue weighted by atomic mass is 10.1. The van der Waals surface area contributed by atoms with Crippen molar-refractivity contribution in [3.05, 3.63) is 112 Å². The average Bonchev–Trinajstić information content (AvgIpc) is 3.38. The molecule has 168 valence electrons. The van der Waals surface area contributed by atoms with E-state index in [1.54, 1.807) is 31.2 Å². The molecule has 0 N–H and O–H groups in total. The number of ether oxygens (including phenoxy) is 1. The number of hydrogen-bond donors (Lipinski definition) is 0. The van der Waals surface area contributed by atoms with Crippen LogP contribution in [-0.4, -0.2) is 25.9 Å². The Bertz CT molecular complexity index is 1510. The van der Waals surface area contributed by atoms with Gasteiger partial charge in [0.25, 0.3) is 11.4 Å². The summed E-state index contributed by atoms with van der Waals surface area (Å²) in [6.45, 7) is 1.87. The van der Waals surface area contributed by atoms with Gasteiger partial charge in [0.2, 0.25) is 5.89 Å². The molecule has 0 bridgehead atoms. The third-order valence-corrected chi connectivity index (χ3v) is 5.33. The van der Waals surface area contributed by atoms with E-state index in [0.717, 1.165) is 11.1 Å². The predicted octanol–water partition coefficient (Wildman–Crippen LogP) is 4.41. The normalized spacial score (nSPS) is 11.9. The maximum atomic E-state index is 13.1. The van der Waals surface area contributed by atoms with Crippen LogP contribution in [-0.2, 0) is 11.3 Å². The van der Waals surface area contributed by atoms with Crippen LogP contribution >= 0.6 is 0 Å². The lowest BCUT2D eigenvalue weighted by molar-refractivity contribution is 0.0272. The lowest BCUT2D eigenvalue weighted by Crippen LogP contribution is -2.27. The first kappa shape index (κ1) is 21.3. The number of carbonyl (C=O) groups is 1. The molecule has 1 unspecified atom stereocenters. The van der Waals surface area contributed by atoms with Crippen LogP contribution in [0.2, 0.25) is 0 Å². The Morgan fingerprint density at radius 1 is 0.912 bits per heavy atom. The van der Waals surface area contributed by atoms with E-state index in [9.17, 15) is 9.59 Å². The van der Waals surface area contributed by atoms with Gasteiger partial charge in [0, 0.05) is 10.9 Å². The van der Waals surface area contributed by atoms with Crippen LogP contribution in [0.4, 0.5) is 0 Å². The number of nitrogens with zero attached hydrogens (tertiary/aromatic N) is 4. The second-order valence-corrected chi connectivity index (χ2v) is 7.70. The molecule has 34 heavy (non-hydrogen) atoms. The largest absolute Gasteiger partial charge is 0.448 e. The zero-order chi connectivity index (χ0) is 23.5. The van der Waals surface area contributed by atoms with Crippen molar-refractivity contribution in [2.45, 2.75) is 19.6 Å². The molecular formula is C26H20N4O4. The first-order valence-electron chi connectivity index (χ1n) is 10.7. The topological polar surface area (TPSA) is 100 Å². The number of carbonyl (C=O) groups excluding carboxylic acids is 1. The molecule has 0 aliphatic heterocycles. The first-order valence-corrected chi connectivity index (χ1v) is 10.7. The third kappa shape index (κ3) is 4.21. The summed E-state index contributed by atoms with van der Waals surface area (Å²) in [4.78, 5) is 26.1. The standard InChI is InChI=1S/C26H20N4O4/c1-17(23-27-28-24(34-23)19-12-6-3-7-13-19)33-26(32)22-20-14-8-9-15-21(20)25(31)30(29-22)16-18-10-4-2-5-11-18/h2-15,17H,16H2,1H3. The third-order valence-electron chi connectivity index (χ3n) is 5.33. The van der Waals surface area contributed by atoms with Crippen molar-refractivity contribution in [2.75, 3.05) is 0 Å². The van der Waals surface area contributed by atoms with Gasteiger partial charge in [-0.3, -0.25) is 4.79 Å². The Balaban J connectivity index is 1.45. The minimum absolute atomic E-state index is 0.0424. The highest BCUT2D eigenvalue weighted by Crippen LogP contribution is 2.24. The van der Waals surface area contributed by atoms with Crippen molar-refractivity contribution in [3.63, 3.8) is 0 Å². The van der Waals surface area contributed by atoms with E-state index in [1.807, 2.05) is 60.7 Å². The summed E-state index contributed by atoms with van der Waals surface area (Å²) in [5, 5.41) is 13.2. The molecule has 8 heteroatoms. The minimum atomic E-state index is -0.812. The van der Waals surface area contributed by atoms with Gasteiger partial charge in [-0.2, -0.15) is 5.10 Å². The van der Waals surface area contributed by atoms with Crippen molar-refractivity contribution >= 4 is 16.7 Å². The molecule has 0 aliphatic carbocycles. The molecule has 1 atom stereocenters. The van der Waals surface area contributed by atoms with Crippen molar-refractivity contribution in [1.29, 1.82) is 0 Å². The van der Waals surface area contributed by atoms with Crippen LogP contribution in [0.1, 0.15) is 35.0 Å². The Labute approximate surface area is 194 Å². The number of rotatable bonds is 6. The molecule has 2 aromatic heterocycles. The van der Waals surface area contributed by atoms with E-state index in [1.165, 1.54) is 4.68 Å². The van der Waals surface area contributed by atoms with Gasteiger partial charge in [-0.25, -0.2) is 9.48 Å². The van der Waals surface area contributed by atoms with Crippen LogP contribution in [0.25, 0.3) is 22.2 Å². The predicted molar refractivity (Wildman–Crippen MR) is 125 cm³/mol. The van der Waals surface area contributed by atoms with Crippen molar-refractivity contribution in [2.24, 2.45) is 0 Å². The smallest absolute Gasteiger partial charge is 0.360 e. The van der Waals surface area contributed by atoms with Crippen molar-refractivity contribution in [1.82, 2.24) is 20.0 Å². The van der Waals surface area contributed by atoms with E-state index >= 15 is 0 Å². The van der Waals surface area contributed by atoms with Gasteiger partial charge in [-0.1, -0.05) is 66.7 Å². The molecular weight excluding hydrogens is 432 g/mol. The Morgan fingerprint density at radius 3 is 2.29 bits per heavy atom. The van der Waals surface area contributed by atoms with E-state index < -0.39 is 12.1 Å². The van der Waals surface area contributed by atoms with E-state index in [-0.39, 0.29) is 23.7 Å². The van der Waals surface area contributed by atoms with E-state index in [0.29, 0.717) is 16.7 Å². The molecule has 3 aromatic carbocycles. The number of fused-ring (bicyclic) bond motifs is 1. The van der Waals surface area contributed by atoms with Crippen molar-refractivity contribution in [3.8, 4) is 11.5 Å². The SMILES string of the molecule is CC(OC(=O)c1nn(Cc2ccccc2)c(=O)c2ccccc12)c1nnc(-c2ccccc2)o1. The molecule has 0 saturated heterocycles. The van der Waals surface area contributed by atoms with Crippen LogP contribution in [0, 0.1) is 0 Å². The maximum Gasteiger partial charge on any atom is 0.360 e. The van der Waals surface area contributed by atoms with Crippen LogP contribution < -0.4 is 5.56 Å². The number of esters is 1. The van der Waals surface area contributed by atoms with Gasteiger partial charge in [0.1, 0.15) is 0 Å².